The van der Waals surface area contributed by atoms with Crippen LogP contribution >= 0.6 is 0 Å². The van der Waals surface area contributed by atoms with E-state index in [1.165, 1.54) is 0 Å². The first-order valence-corrected chi connectivity index (χ1v) is 5.30. The van der Waals surface area contributed by atoms with Crippen LogP contribution in [-0.4, -0.2) is 41.1 Å². The van der Waals surface area contributed by atoms with Crippen LogP contribution in [-0.2, 0) is 0 Å². The van der Waals surface area contributed by atoms with Crippen molar-refractivity contribution in [3.8, 4) is 17.3 Å². The maximum Gasteiger partial charge on any atom is 0.230 e. The molecule has 2 N–H and O–H groups in total. The average molecular weight is 246 g/mol. The quantitative estimate of drug-likeness (QED) is 0.847. The zero-order valence-electron chi connectivity index (χ0n) is 10.5. The SMILES string of the molecule is COc1cccnc1-c1nc(N)nc(N(C)C)n1. The monoisotopic (exact) mass is 246 g/mol. The molecule has 7 heteroatoms. The van der Waals surface area contributed by atoms with Gasteiger partial charge in [0.15, 0.2) is 5.82 Å². The van der Waals surface area contributed by atoms with Crippen LogP contribution in [0.3, 0.4) is 0 Å². The lowest BCUT2D eigenvalue weighted by atomic mass is 10.3. The van der Waals surface area contributed by atoms with Crippen molar-refractivity contribution < 1.29 is 4.74 Å². The highest BCUT2D eigenvalue weighted by atomic mass is 16.5. The van der Waals surface area contributed by atoms with E-state index in [0.717, 1.165) is 0 Å². The van der Waals surface area contributed by atoms with Crippen LogP contribution < -0.4 is 15.4 Å². The van der Waals surface area contributed by atoms with Gasteiger partial charge in [0.25, 0.3) is 0 Å². The van der Waals surface area contributed by atoms with Crippen molar-refractivity contribution in [1.29, 1.82) is 0 Å². The van der Waals surface area contributed by atoms with Crippen LogP contribution in [0.4, 0.5) is 11.9 Å². The summed E-state index contributed by atoms with van der Waals surface area (Å²) in [5.41, 5.74) is 6.21. The second-order valence-corrected chi connectivity index (χ2v) is 3.77. The van der Waals surface area contributed by atoms with Gasteiger partial charge in [0.2, 0.25) is 11.9 Å². The number of hydrogen-bond donors (Lipinski definition) is 1. The minimum absolute atomic E-state index is 0.149. The second-order valence-electron chi connectivity index (χ2n) is 3.77. The molecule has 0 saturated heterocycles. The predicted molar refractivity (Wildman–Crippen MR) is 68.3 cm³/mol. The highest BCUT2D eigenvalue weighted by molar-refractivity contribution is 5.60. The van der Waals surface area contributed by atoms with Crippen molar-refractivity contribution in [2.24, 2.45) is 0 Å². The van der Waals surface area contributed by atoms with E-state index in [4.69, 9.17) is 10.5 Å². The molecule has 0 aliphatic carbocycles. The molecule has 18 heavy (non-hydrogen) atoms. The van der Waals surface area contributed by atoms with E-state index >= 15 is 0 Å². The van der Waals surface area contributed by atoms with Gasteiger partial charge in [0, 0.05) is 20.3 Å². The highest BCUT2D eigenvalue weighted by Gasteiger charge is 2.13. The number of hydrogen-bond acceptors (Lipinski definition) is 7. The zero-order valence-corrected chi connectivity index (χ0v) is 10.5. The van der Waals surface area contributed by atoms with E-state index in [9.17, 15) is 0 Å². The molecule has 0 amide bonds. The summed E-state index contributed by atoms with van der Waals surface area (Å²) in [5.74, 6) is 1.61. The Kier molecular flexibility index (Phi) is 3.22. The number of nitrogen functional groups attached to an aromatic ring is 1. The maximum atomic E-state index is 5.67. The predicted octanol–water partition coefficient (Wildman–Crippen LogP) is 0.590. The number of rotatable bonds is 3. The fourth-order valence-electron chi connectivity index (χ4n) is 1.41. The highest BCUT2D eigenvalue weighted by Crippen LogP contribution is 2.25. The van der Waals surface area contributed by atoms with Gasteiger partial charge in [-0.25, -0.2) is 4.98 Å². The van der Waals surface area contributed by atoms with Gasteiger partial charge in [-0.1, -0.05) is 0 Å². The van der Waals surface area contributed by atoms with Crippen molar-refractivity contribution in [2.75, 3.05) is 31.8 Å². The van der Waals surface area contributed by atoms with Gasteiger partial charge >= 0.3 is 0 Å². The van der Waals surface area contributed by atoms with E-state index in [1.54, 1.807) is 30.3 Å². The first-order chi connectivity index (χ1) is 8.61. The minimum atomic E-state index is 0.149. The molecule has 0 radical (unpaired) electrons. The summed E-state index contributed by atoms with van der Waals surface area (Å²) in [6.07, 6.45) is 1.65. The van der Waals surface area contributed by atoms with Crippen LogP contribution in [0.1, 0.15) is 0 Å². The molecule has 94 valence electrons. The van der Waals surface area contributed by atoms with Crippen LogP contribution in [0.15, 0.2) is 18.3 Å². The first kappa shape index (κ1) is 12.0. The summed E-state index contributed by atoms with van der Waals surface area (Å²) < 4.78 is 5.22. The van der Waals surface area contributed by atoms with Crippen LogP contribution in [0.2, 0.25) is 0 Å². The van der Waals surface area contributed by atoms with Crippen molar-refractivity contribution in [1.82, 2.24) is 19.9 Å². The molecule has 0 unspecified atom stereocenters. The number of ether oxygens (including phenoxy) is 1. The molecule has 0 bridgehead atoms. The topological polar surface area (TPSA) is 90.0 Å². The smallest absolute Gasteiger partial charge is 0.230 e. The summed E-state index contributed by atoms with van der Waals surface area (Å²) in [4.78, 5) is 18.4. The number of anilines is 2. The van der Waals surface area contributed by atoms with Gasteiger partial charge in [-0.3, -0.25) is 0 Å². The lowest BCUT2D eigenvalue weighted by molar-refractivity contribution is 0.414. The van der Waals surface area contributed by atoms with Crippen LogP contribution in [0.25, 0.3) is 11.5 Å². The van der Waals surface area contributed by atoms with Gasteiger partial charge in [0.1, 0.15) is 11.4 Å². The Balaban J connectivity index is 2.56. The molecule has 0 aliphatic rings. The zero-order chi connectivity index (χ0) is 13.1. The molecule has 0 atom stereocenters. The van der Waals surface area contributed by atoms with Gasteiger partial charge < -0.3 is 15.4 Å². The number of aromatic nitrogens is 4. The van der Waals surface area contributed by atoms with E-state index < -0.39 is 0 Å². The Morgan fingerprint density at radius 2 is 2.00 bits per heavy atom. The standard InChI is InChI=1S/C11H14N6O/c1-17(2)11-15-9(14-10(12)16-11)8-7(18-3)5-4-6-13-8/h4-6H,1-3H3,(H2,12,14,15,16). The van der Waals surface area contributed by atoms with E-state index in [1.807, 2.05) is 14.1 Å². The Morgan fingerprint density at radius 3 is 2.67 bits per heavy atom. The molecule has 0 aromatic carbocycles. The molecule has 0 spiro atoms. The van der Waals surface area contributed by atoms with Crippen molar-refractivity contribution in [3.05, 3.63) is 18.3 Å². The molecule has 2 rings (SSSR count). The largest absolute Gasteiger partial charge is 0.494 e. The molecule has 0 saturated carbocycles. The molecule has 2 heterocycles. The third-order valence-corrected chi connectivity index (χ3v) is 2.24. The fraction of sp³-hybridized carbons (Fsp3) is 0.273. The average Bonchev–Trinajstić information content (AvgIpc) is 2.38. The molecule has 7 nitrogen and oxygen atoms in total. The Labute approximate surface area is 105 Å². The van der Waals surface area contributed by atoms with Crippen LogP contribution in [0.5, 0.6) is 5.75 Å². The van der Waals surface area contributed by atoms with Crippen LogP contribution in [0, 0.1) is 0 Å². The molecule has 2 aromatic rings. The lowest BCUT2D eigenvalue weighted by Gasteiger charge is -2.12. The normalized spacial score (nSPS) is 10.2. The molecular formula is C11H14N6O. The summed E-state index contributed by atoms with van der Waals surface area (Å²) in [6.45, 7) is 0. The van der Waals surface area contributed by atoms with Crippen molar-refractivity contribution >= 4 is 11.9 Å². The second kappa shape index (κ2) is 4.82. The van der Waals surface area contributed by atoms with Gasteiger partial charge in [-0.05, 0) is 12.1 Å². The Bertz CT molecular complexity index is 557. The van der Waals surface area contributed by atoms with E-state index in [-0.39, 0.29) is 5.95 Å². The molecule has 0 fully saturated rings. The first-order valence-electron chi connectivity index (χ1n) is 5.30. The van der Waals surface area contributed by atoms with E-state index in [0.29, 0.717) is 23.2 Å². The number of nitrogens with two attached hydrogens (primary N) is 1. The fourth-order valence-corrected chi connectivity index (χ4v) is 1.41. The summed E-state index contributed by atoms with van der Waals surface area (Å²) in [5, 5.41) is 0. The summed E-state index contributed by atoms with van der Waals surface area (Å²) >= 11 is 0. The molecule has 2 aromatic heterocycles. The number of pyridine rings is 1. The number of methoxy groups -OCH3 is 1. The van der Waals surface area contributed by atoms with Gasteiger partial charge in [0.05, 0.1) is 7.11 Å². The molecular weight excluding hydrogens is 232 g/mol. The summed E-state index contributed by atoms with van der Waals surface area (Å²) in [6, 6.07) is 3.57. The van der Waals surface area contributed by atoms with Gasteiger partial charge in [-0.15, -0.1) is 0 Å². The molecule has 0 aliphatic heterocycles. The third-order valence-electron chi connectivity index (χ3n) is 2.24. The lowest BCUT2D eigenvalue weighted by Crippen LogP contribution is -2.15. The summed E-state index contributed by atoms with van der Waals surface area (Å²) in [7, 11) is 5.22. The number of nitrogens with zero attached hydrogens (tertiary/aromatic N) is 5. The third kappa shape index (κ3) is 2.29. The van der Waals surface area contributed by atoms with Crippen molar-refractivity contribution in [2.45, 2.75) is 0 Å². The maximum absolute atomic E-state index is 5.67. The van der Waals surface area contributed by atoms with Gasteiger partial charge in [-0.2, -0.15) is 15.0 Å². The Morgan fingerprint density at radius 1 is 1.22 bits per heavy atom. The van der Waals surface area contributed by atoms with Crippen molar-refractivity contribution in [3.63, 3.8) is 0 Å². The minimum Gasteiger partial charge on any atom is -0.494 e. The van der Waals surface area contributed by atoms with E-state index in [2.05, 4.69) is 19.9 Å². The Hall–Kier alpha value is -2.44.